The number of sulfone groups is 1. The Morgan fingerprint density at radius 1 is 1.05 bits per heavy atom. The van der Waals surface area contributed by atoms with Gasteiger partial charge in [-0.1, -0.05) is 56.3 Å². The van der Waals surface area contributed by atoms with Gasteiger partial charge in [0.15, 0.2) is 9.84 Å². The van der Waals surface area contributed by atoms with E-state index in [-0.39, 0.29) is 17.5 Å². The number of hydrogen-bond acceptors (Lipinski definition) is 3. The van der Waals surface area contributed by atoms with Crippen LogP contribution in [0.25, 0.3) is 10.8 Å². The molecule has 0 aromatic heterocycles. The molecule has 0 radical (unpaired) electrons. The molecular formula is C17H23NO2S. The summed E-state index contributed by atoms with van der Waals surface area (Å²) in [6, 6.07) is 14.0. The minimum atomic E-state index is -3.03. The van der Waals surface area contributed by atoms with Gasteiger partial charge in [0.1, 0.15) is 0 Å². The van der Waals surface area contributed by atoms with Crippen LogP contribution in [0.2, 0.25) is 0 Å². The van der Waals surface area contributed by atoms with E-state index in [1.165, 1.54) is 0 Å². The van der Waals surface area contributed by atoms with E-state index in [1.807, 2.05) is 38.1 Å². The summed E-state index contributed by atoms with van der Waals surface area (Å²) < 4.78 is 24.4. The molecule has 2 rings (SSSR count). The van der Waals surface area contributed by atoms with Gasteiger partial charge in [-0.2, -0.15) is 0 Å². The third-order valence-corrected chi connectivity index (χ3v) is 5.46. The van der Waals surface area contributed by atoms with Gasteiger partial charge in [0, 0.05) is 11.8 Å². The number of hydrogen-bond donors (Lipinski definition) is 1. The molecule has 0 heterocycles. The van der Waals surface area contributed by atoms with E-state index in [2.05, 4.69) is 23.5 Å². The smallest absolute Gasteiger partial charge is 0.152 e. The monoisotopic (exact) mass is 305 g/mol. The topological polar surface area (TPSA) is 46.2 Å². The lowest BCUT2D eigenvalue weighted by molar-refractivity contribution is 0.560. The highest BCUT2D eigenvalue weighted by Gasteiger charge is 2.20. The highest BCUT2D eigenvalue weighted by molar-refractivity contribution is 7.91. The number of benzene rings is 2. The molecule has 0 saturated heterocycles. The van der Waals surface area contributed by atoms with Gasteiger partial charge < -0.3 is 5.32 Å². The summed E-state index contributed by atoms with van der Waals surface area (Å²) in [6.07, 6.45) is 0.663. The highest BCUT2D eigenvalue weighted by Crippen LogP contribution is 2.25. The molecule has 0 spiro atoms. The first kappa shape index (κ1) is 16.0. The third-order valence-electron chi connectivity index (χ3n) is 3.59. The molecule has 0 saturated carbocycles. The maximum atomic E-state index is 12.2. The average molecular weight is 305 g/mol. The molecule has 3 nitrogen and oxygen atoms in total. The molecule has 0 aliphatic rings. The molecule has 2 aromatic rings. The van der Waals surface area contributed by atoms with Crippen LogP contribution in [0.1, 0.15) is 31.9 Å². The molecule has 4 heteroatoms. The van der Waals surface area contributed by atoms with E-state index in [4.69, 9.17) is 0 Å². The van der Waals surface area contributed by atoms with Crippen LogP contribution < -0.4 is 5.32 Å². The van der Waals surface area contributed by atoms with Crippen molar-refractivity contribution < 1.29 is 8.42 Å². The van der Waals surface area contributed by atoms with Gasteiger partial charge in [0.25, 0.3) is 0 Å². The molecule has 0 aliphatic heterocycles. The van der Waals surface area contributed by atoms with E-state index in [0.29, 0.717) is 6.42 Å². The summed E-state index contributed by atoms with van der Waals surface area (Å²) in [5, 5.41) is 5.59. The molecule has 114 valence electrons. The third kappa shape index (κ3) is 4.05. The normalized spacial score (nSPS) is 13.4. The fourth-order valence-electron chi connectivity index (χ4n) is 2.71. The Kier molecular flexibility index (Phi) is 5.37. The van der Waals surface area contributed by atoms with Crippen molar-refractivity contribution in [3.63, 3.8) is 0 Å². The second kappa shape index (κ2) is 7.05. The highest BCUT2D eigenvalue weighted by atomic mass is 32.2. The number of nitrogens with one attached hydrogen (secondary N) is 1. The Bertz CT molecular complexity index is 690. The predicted molar refractivity (Wildman–Crippen MR) is 89.3 cm³/mol. The maximum absolute atomic E-state index is 12.2. The zero-order chi connectivity index (χ0) is 15.3. The van der Waals surface area contributed by atoms with Gasteiger partial charge in [-0.3, -0.25) is 0 Å². The summed E-state index contributed by atoms with van der Waals surface area (Å²) in [4.78, 5) is 0. The number of rotatable bonds is 7. The fraction of sp³-hybridized carbons (Fsp3) is 0.412. The van der Waals surface area contributed by atoms with Gasteiger partial charge in [0.2, 0.25) is 0 Å². The lowest BCUT2D eigenvalue weighted by Crippen LogP contribution is -2.29. The largest absolute Gasteiger partial charge is 0.309 e. The minimum Gasteiger partial charge on any atom is -0.309 e. The van der Waals surface area contributed by atoms with Crippen LogP contribution in [-0.2, 0) is 9.84 Å². The maximum Gasteiger partial charge on any atom is 0.152 e. The fourth-order valence-corrected chi connectivity index (χ4v) is 4.30. The summed E-state index contributed by atoms with van der Waals surface area (Å²) in [6.45, 7) is 4.65. The van der Waals surface area contributed by atoms with Gasteiger partial charge in [-0.15, -0.1) is 0 Å². The molecular weight excluding hydrogens is 282 g/mol. The first-order valence-corrected chi connectivity index (χ1v) is 9.31. The lowest BCUT2D eigenvalue weighted by atomic mass is 9.99. The molecule has 2 aromatic carbocycles. The van der Waals surface area contributed by atoms with Crippen molar-refractivity contribution >= 4 is 20.6 Å². The van der Waals surface area contributed by atoms with Crippen LogP contribution in [0.3, 0.4) is 0 Å². The second-order valence-corrected chi connectivity index (χ2v) is 7.52. The van der Waals surface area contributed by atoms with E-state index in [1.54, 1.807) is 0 Å². The van der Waals surface area contributed by atoms with Crippen molar-refractivity contribution in [1.82, 2.24) is 5.32 Å². The second-order valence-electron chi connectivity index (χ2n) is 5.29. The van der Waals surface area contributed by atoms with Crippen LogP contribution in [0.5, 0.6) is 0 Å². The molecule has 1 atom stereocenters. The first-order chi connectivity index (χ1) is 10.1. The van der Waals surface area contributed by atoms with E-state index >= 15 is 0 Å². The quantitative estimate of drug-likeness (QED) is 0.853. The van der Waals surface area contributed by atoms with Gasteiger partial charge in [-0.25, -0.2) is 8.42 Å². The molecule has 1 N–H and O–H groups in total. The van der Waals surface area contributed by atoms with Crippen LogP contribution in [0.15, 0.2) is 42.5 Å². The predicted octanol–water partition coefficient (Wildman–Crippen LogP) is 3.32. The molecule has 0 aliphatic carbocycles. The van der Waals surface area contributed by atoms with E-state index < -0.39 is 9.84 Å². The van der Waals surface area contributed by atoms with Crippen LogP contribution >= 0.6 is 0 Å². The summed E-state index contributed by atoms with van der Waals surface area (Å²) in [5.41, 5.74) is 1.06. The van der Waals surface area contributed by atoms with Gasteiger partial charge >= 0.3 is 0 Å². The minimum absolute atomic E-state index is 0.155. The zero-order valence-corrected chi connectivity index (χ0v) is 13.5. The standard InChI is InChI=1S/C17H23NO2S/c1-3-12-21(19,20)13-17(18-4-2)16-11-7-9-14-8-5-6-10-15(14)16/h5-11,17-18H,3-4,12-13H2,1-2H3. The van der Waals surface area contributed by atoms with Gasteiger partial charge in [0.05, 0.1) is 5.75 Å². The van der Waals surface area contributed by atoms with Crippen LogP contribution in [0, 0.1) is 0 Å². The molecule has 1 unspecified atom stereocenters. The molecule has 21 heavy (non-hydrogen) atoms. The van der Waals surface area contributed by atoms with Gasteiger partial charge in [-0.05, 0) is 29.3 Å². The Hall–Kier alpha value is -1.39. The molecule has 0 amide bonds. The van der Waals surface area contributed by atoms with Crippen molar-refractivity contribution in [1.29, 1.82) is 0 Å². The van der Waals surface area contributed by atoms with Crippen molar-refractivity contribution in [3.05, 3.63) is 48.0 Å². The van der Waals surface area contributed by atoms with Crippen molar-refractivity contribution in [2.45, 2.75) is 26.3 Å². The Morgan fingerprint density at radius 2 is 1.76 bits per heavy atom. The van der Waals surface area contributed by atoms with E-state index in [9.17, 15) is 8.42 Å². The average Bonchev–Trinajstić information content (AvgIpc) is 2.46. The Labute approximate surface area is 127 Å². The SMILES string of the molecule is CCCS(=O)(=O)CC(NCC)c1cccc2ccccc12. The Morgan fingerprint density at radius 3 is 2.48 bits per heavy atom. The molecule has 0 fully saturated rings. The number of fused-ring (bicyclic) bond motifs is 1. The Balaban J connectivity index is 2.41. The van der Waals surface area contributed by atoms with Crippen molar-refractivity contribution in [2.24, 2.45) is 0 Å². The van der Waals surface area contributed by atoms with E-state index in [0.717, 1.165) is 22.9 Å². The summed E-state index contributed by atoms with van der Waals surface area (Å²) in [7, 11) is -3.03. The first-order valence-electron chi connectivity index (χ1n) is 7.49. The summed E-state index contributed by atoms with van der Waals surface area (Å²) in [5.74, 6) is 0.405. The summed E-state index contributed by atoms with van der Waals surface area (Å²) >= 11 is 0. The zero-order valence-electron chi connectivity index (χ0n) is 12.7. The van der Waals surface area contributed by atoms with Crippen LogP contribution in [-0.4, -0.2) is 26.5 Å². The lowest BCUT2D eigenvalue weighted by Gasteiger charge is -2.20. The van der Waals surface area contributed by atoms with Crippen LogP contribution in [0.4, 0.5) is 0 Å². The molecule has 0 bridgehead atoms. The van der Waals surface area contributed by atoms with Crippen molar-refractivity contribution in [2.75, 3.05) is 18.1 Å². The van der Waals surface area contributed by atoms with Crippen molar-refractivity contribution in [3.8, 4) is 0 Å².